The van der Waals surface area contributed by atoms with Crippen LogP contribution in [0.4, 0.5) is 4.39 Å². The Balaban J connectivity index is 4.36. The Labute approximate surface area is 62.1 Å². The summed E-state index contributed by atoms with van der Waals surface area (Å²) >= 11 is 3.05. The Bertz CT molecular complexity index is 151. The predicted octanol–water partition coefficient (Wildman–Crippen LogP) is 2.45. The van der Waals surface area contributed by atoms with Gasteiger partial charge < -0.3 is 0 Å². The van der Waals surface area contributed by atoms with Crippen LogP contribution in [0.3, 0.4) is 0 Å². The summed E-state index contributed by atoms with van der Waals surface area (Å²) < 4.78 is 12.4. The highest BCUT2D eigenvalue weighted by molar-refractivity contribution is 9.11. The van der Waals surface area contributed by atoms with Crippen LogP contribution in [0.15, 0.2) is 27.8 Å². The zero-order chi connectivity index (χ0) is 7.28. The molecule has 0 N–H and O–H groups in total. The lowest BCUT2D eigenvalue weighted by Gasteiger charge is -1.93. The first kappa shape index (κ1) is 8.56. The molecule has 0 aromatic carbocycles. The van der Waals surface area contributed by atoms with Gasteiger partial charge in [0.05, 0.1) is 5.70 Å². The van der Waals surface area contributed by atoms with Crippen LogP contribution in [0.25, 0.3) is 0 Å². The molecule has 0 aliphatic rings. The Morgan fingerprint density at radius 1 is 1.78 bits per heavy atom. The van der Waals surface area contributed by atoms with Crippen molar-refractivity contribution in [3.8, 4) is 0 Å². The highest BCUT2D eigenvalue weighted by Gasteiger charge is 1.95. The maximum absolute atomic E-state index is 11.8. The van der Waals surface area contributed by atoms with E-state index in [-0.39, 0.29) is 5.70 Å². The van der Waals surface area contributed by atoms with E-state index in [1.165, 1.54) is 6.08 Å². The molecule has 0 rings (SSSR count). The fourth-order valence-corrected chi connectivity index (χ4v) is 0.531. The van der Waals surface area contributed by atoms with Crippen LogP contribution in [0.1, 0.15) is 0 Å². The molecular weight excluding hydrogens is 185 g/mol. The number of allylic oxidation sites excluding steroid dienone is 3. The van der Waals surface area contributed by atoms with E-state index in [1.54, 1.807) is 0 Å². The van der Waals surface area contributed by atoms with E-state index in [9.17, 15) is 4.39 Å². The van der Waals surface area contributed by atoms with Gasteiger partial charge in [0.1, 0.15) is 6.67 Å². The van der Waals surface area contributed by atoms with Crippen molar-refractivity contribution in [3.05, 3.63) is 22.8 Å². The Morgan fingerprint density at radius 2 is 2.33 bits per heavy atom. The first-order valence-electron chi connectivity index (χ1n) is 2.30. The molecule has 0 radical (unpaired) electrons. The molecule has 3 heteroatoms. The van der Waals surface area contributed by atoms with Gasteiger partial charge in [-0.1, -0.05) is 12.7 Å². The average Bonchev–Trinajstić information content (AvgIpc) is 1.90. The van der Waals surface area contributed by atoms with Crippen molar-refractivity contribution < 1.29 is 4.39 Å². The maximum Gasteiger partial charge on any atom is 0.133 e. The lowest BCUT2D eigenvalue weighted by molar-refractivity contribution is 0.540. The molecule has 0 aromatic rings. The molecule has 0 aliphatic carbocycles. The van der Waals surface area contributed by atoms with Crippen molar-refractivity contribution in [3.63, 3.8) is 0 Å². The van der Waals surface area contributed by atoms with E-state index in [1.807, 2.05) is 0 Å². The molecule has 0 aromatic heterocycles. The second kappa shape index (κ2) is 4.44. The first-order valence-corrected chi connectivity index (χ1v) is 3.09. The van der Waals surface area contributed by atoms with Crippen molar-refractivity contribution >= 4 is 22.6 Å². The average molecular weight is 192 g/mol. The van der Waals surface area contributed by atoms with Crippen LogP contribution in [-0.2, 0) is 0 Å². The highest BCUT2D eigenvalue weighted by Crippen LogP contribution is 2.13. The summed E-state index contributed by atoms with van der Waals surface area (Å²) in [6, 6.07) is 0. The second-order valence-corrected chi connectivity index (χ2v) is 2.14. The van der Waals surface area contributed by atoms with Gasteiger partial charge in [0.25, 0.3) is 0 Å². The van der Waals surface area contributed by atoms with Gasteiger partial charge in [-0.2, -0.15) is 0 Å². The SMILES string of the molecule is C=C/C(Br)=C(/CF)N=C. The summed E-state index contributed by atoms with van der Waals surface area (Å²) in [6.07, 6.45) is 1.48. The smallest absolute Gasteiger partial charge is 0.133 e. The van der Waals surface area contributed by atoms with Crippen LogP contribution in [-0.4, -0.2) is 13.4 Å². The third kappa shape index (κ3) is 2.56. The highest BCUT2D eigenvalue weighted by atomic mass is 79.9. The van der Waals surface area contributed by atoms with Crippen molar-refractivity contribution in [1.29, 1.82) is 0 Å². The van der Waals surface area contributed by atoms with Gasteiger partial charge in [0.2, 0.25) is 0 Å². The van der Waals surface area contributed by atoms with Gasteiger partial charge in [0, 0.05) is 4.48 Å². The Kier molecular flexibility index (Phi) is 4.22. The molecular formula is C6H7BrFN. The van der Waals surface area contributed by atoms with Crippen LogP contribution >= 0.6 is 15.9 Å². The summed E-state index contributed by atoms with van der Waals surface area (Å²) in [5, 5.41) is 0. The third-order valence-electron chi connectivity index (χ3n) is 0.772. The maximum atomic E-state index is 11.8. The summed E-state index contributed by atoms with van der Waals surface area (Å²) in [5.74, 6) is 0. The fourth-order valence-electron chi connectivity index (χ4n) is 0.299. The Morgan fingerprint density at radius 3 is 2.44 bits per heavy atom. The first-order chi connectivity index (χ1) is 4.26. The standard InChI is InChI=1S/C6H7BrFN/c1-3-5(7)6(4-8)9-2/h3H,1-2,4H2/b6-5+. The molecule has 1 nitrogen and oxygen atoms in total. The number of aliphatic imine (C=N–C) groups is 1. The zero-order valence-corrected chi connectivity index (χ0v) is 6.49. The fraction of sp³-hybridized carbons (Fsp3) is 0.167. The van der Waals surface area contributed by atoms with E-state index < -0.39 is 6.67 Å². The van der Waals surface area contributed by atoms with Gasteiger partial charge in [-0.25, -0.2) is 4.39 Å². The zero-order valence-electron chi connectivity index (χ0n) is 4.90. The van der Waals surface area contributed by atoms with E-state index in [0.29, 0.717) is 4.48 Å². The minimum absolute atomic E-state index is 0.282. The number of hydrogen-bond acceptors (Lipinski definition) is 1. The third-order valence-corrected chi connectivity index (χ3v) is 1.55. The molecule has 0 saturated carbocycles. The van der Waals surface area contributed by atoms with Gasteiger partial charge in [-0.3, -0.25) is 4.99 Å². The van der Waals surface area contributed by atoms with Crippen molar-refractivity contribution in [2.75, 3.05) is 6.67 Å². The molecule has 0 saturated heterocycles. The lowest BCUT2D eigenvalue weighted by atomic mass is 10.4. The number of hydrogen-bond donors (Lipinski definition) is 0. The normalized spacial score (nSPS) is 12.2. The minimum atomic E-state index is -0.615. The van der Waals surface area contributed by atoms with Crippen LogP contribution in [0.2, 0.25) is 0 Å². The summed E-state index contributed by atoms with van der Waals surface area (Å²) in [4.78, 5) is 3.41. The molecule has 0 aliphatic heterocycles. The van der Waals surface area contributed by atoms with Crippen molar-refractivity contribution in [2.45, 2.75) is 0 Å². The summed E-state index contributed by atoms with van der Waals surface area (Å²) in [7, 11) is 0. The van der Waals surface area contributed by atoms with Crippen LogP contribution < -0.4 is 0 Å². The summed E-state index contributed by atoms with van der Waals surface area (Å²) in [5.41, 5.74) is 0.282. The topological polar surface area (TPSA) is 12.4 Å². The van der Waals surface area contributed by atoms with E-state index in [4.69, 9.17) is 0 Å². The van der Waals surface area contributed by atoms with Gasteiger partial charge in [-0.15, -0.1) is 0 Å². The predicted molar refractivity (Wildman–Crippen MR) is 41.7 cm³/mol. The Hall–Kier alpha value is -0.440. The second-order valence-electron chi connectivity index (χ2n) is 1.29. The van der Waals surface area contributed by atoms with E-state index in [2.05, 4.69) is 34.2 Å². The molecule has 0 amide bonds. The number of alkyl halides is 1. The van der Waals surface area contributed by atoms with E-state index in [0.717, 1.165) is 0 Å². The quantitative estimate of drug-likeness (QED) is 0.481. The molecule has 9 heavy (non-hydrogen) atoms. The number of nitrogens with zero attached hydrogens (tertiary/aromatic N) is 1. The molecule has 0 spiro atoms. The monoisotopic (exact) mass is 191 g/mol. The minimum Gasteiger partial charge on any atom is -0.265 e. The van der Waals surface area contributed by atoms with Crippen LogP contribution in [0.5, 0.6) is 0 Å². The van der Waals surface area contributed by atoms with Crippen molar-refractivity contribution in [2.24, 2.45) is 4.99 Å². The molecule has 0 unspecified atom stereocenters. The van der Waals surface area contributed by atoms with Gasteiger partial charge in [-0.05, 0) is 22.6 Å². The molecule has 0 bridgehead atoms. The largest absolute Gasteiger partial charge is 0.265 e. The van der Waals surface area contributed by atoms with Crippen LogP contribution in [0, 0.1) is 0 Å². The summed E-state index contributed by atoms with van der Waals surface area (Å²) in [6.45, 7) is 5.98. The molecule has 50 valence electrons. The van der Waals surface area contributed by atoms with Gasteiger partial charge in [0.15, 0.2) is 0 Å². The molecule has 0 heterocycles. The van der Waals surface area contributed by atoms with Crippen molar-refractivity contribution in [1.82, 2.24) is 0 Å². The van der Waals surface area contributed by atoms with Gasteiger partial charge >= 0.3 is 0 Å². The number of rotatable bonds is 3. The van der Waals surface area contributed by atoms with E-state index >= 15 is 0 Å². The molecule has 0 fully saturated rings. The number of halogens is 2. The lowest BCUT2D eigenvalue weighted by Crippen LogP contribution is -1.81. The molecule has 0 atom stereocenters.